The minimum absolute atomic E-state index is 0.00988. The van der Waals surface area contributed by atoms with Crippen LogP contribution < -0.4 is 10.6 Å². The Morgan fingerprint density at radius 2 is 2.00 bits per heavy atom. The number of rotatable bonds is 6. The molecule has 0 bridgehead atoms. The van der Waals surface area contributed by atoms with E-state index in [1.165, 1.54) is 0 Å². The van der Waals surface area contributed by atoms with Gasteiger partial charge < -0.3 is 10.6 Å². The van der Waals surface area contributed by atoms with E-state index in [2.05, 4.69) is 16.7 Å². The molecule has 0 atom stereocenters. The van der Waals surface area contributed by atoms with E-state index in [1.807, 2.05) is 31.2 Å². The van der Waals surface area contributed by atoms with Crippen molar-refractivity contribution in [3.63, 3.8) is 0 Å². The summed E-state index contributed by atoms with van der Waals surface area (Å²) in [4.78, 5) is 24.1. The Bertz CT molecular complexity index is 628. The fourth-order valence-electron chi connectivity index (χ4n) is 3.11. The molecule has 2 rings (SSSR count). The van der Waals surface area contributed by atoms with E-state index in [9.17, 15) is 14.9 Å². The maximum Gasteiger partial charge on any atom is 0.240 e. The van der Waals surface area contributed by atoms with Gasteiger partial charge in [0.2, 0.25) is 11.8 Å². The minimum atomic E-state index is -0.870. The number of hydrogen-bond donors (Lipinski definition) is 2. The second kappa shape index (κ2) is 8.49. The van der Waals surface area contributed by atoms with Crippen molar-refractivity contribution in [2.24, 2.45) is 5.41 Å². The topological polar surface area (TPSA) is 82.0 Å². The van der Waals surface area contributed by atoms with Crippen LogP contribution >= 0.6 is 0 Å². The number of amides is 2. The predicted molar refractivity (Wildman–Crippen MR) is 93.0 cm³/mol. The Labute approximate surface area is 143 Å². The minimum Gasteiger partial charge on any atom is -0.351 e. The van der Waals surface area contributed by atoms with Crippen LogP contribution in [0.1, 0.15) is 57.4 Å². The van der Waals surface area contributed by atoms with E-state index in [1.54, 1.807) is 0 Å². The normalized spacial score (nSPS) is 16.0. The van der Waals surface area contributed by atoms with Crippen molar-refractivity contribution in [1.82, 2.24) is 5.32 Å². The summed E-state index contributed by atoms with van der Waals surface area (Å²) in [5.41, 5.74) is 0.764. The quantitative estimate of drug-likeness (QED) is 0.838. The molecule has 2 N–H and O–H groups in total. The third-order valence-corrected chi connectivity index (χ3v) is 4.50. The van der Waals surface area contributed by atoms with Gasteiger partial charge in [-0.25, -0.2) is 0 Å². The molecule has 1 aliphatic rings. The standard InChI is InChI=1S/C19H25N3O2/c1-2-7-17(23)22-16-9-6-8-15(12-16)13-21-18(24)19(14-20)10-4-3-5-11-19/h6,8-9,12H,2-5,7,10-11,13H2,1H3,(H,21,24)(H,22,23). The van der Waals surface area contributed by atoms with Gasteiger partial charge in [-0.05, 0) is 37.0 Å². The van der Waals surface area contributed by atoms with Crippen LogP contribution in [0.15, 0.2) is 24.3 Å². The zero-order chi connectivity index (χ0) is 17.4. The van der Waals surface area contributed by atoms with E-state index in [0.29, 0.717) is 25.8 Å². The van der Waals surface area contributed by atoms with Crippen molar-refractivity contribution < 1.29 is 9.59 Å². The molecule has 1 saturated carbocycles. The highest BCUT2D eigenvalue weighted by Gasteiger charge is 2.39. The van der Waals surface area contributed by atoms with E-state index in [4.69, 9.17) is 0 Å². The van der Waals surface area contributed by atoms with E-state index in [0.717, 1.165) is 36.9 Å². The van der Waals surface area contributed by atoms with Gasteiger partial charge in [0, 0.05) is 18.7 Å². The summed E-state index contributed by atoms with van der Waals surface area (Å²) in [6.07, 6.45) is 5.53. The second-order valence-corrected chi connectivity index (χ2v) is 6.44. The molecular formula is C19H25N3O2. The highest BCUT2D eigenvalue weighted by Crippen LogP contribution is 2.35. The molecule has 0 saturated heterocycles. The summed E-state index contributed by atoms with van der Waals surface area (Å²) in [5.74, 6) is -0.186. The highest BCUT2D eigenvalue weighted by molar-refractivity contribution is 5.90. The van der Waals surface area contributed by atoms with Gasteiger partial charge in [0.1, 0.15) is 5.41 Å². The smallest absolute Gasteiger partial charge is 0.240 e. The zero-order valence-electron chi connectivity index (χ0n) is 14.2. The molecule has 1 aromatic carbocycles. The molecule has 1 aromatic rings. The Balaban J connectivity index is 1.95. The first kappa shape index (κ1) is 18.0. The number of hydrogen-bond acceptors (Lipinski definition) is 3. The van der Waals surface area contributed by atoms with E-state index in [-0.39, 0.29) is 11.8 Å². The maximum absolute atomic E-state index is 12.5. The average molecular weight is 327 g/mol. The molecule has 24 heavy (non-hydrogen) atoms. The summed E-state index contributed by atoms with van der Waals surface area (Å²) < 4.78 is 0. The molecule has 5 heteroatoms. The lowest BCUT2D eigenvalue weighted by molar-refractivity contribution is -0.129. The Morgan fingerprint density at radius 1 is 1.25 bits per heavy atom. The monoisotopic (exact) mass is 327 g/mol. The van der Waals surface area contributed by atoms with Gasteiger partial charge in [0.05, 0.1) is 6.07 Å². The van der Waals surface area contributed by atoms with Gasteiger partial charge in [-0.2, -0.15) is 5.26 Å². The van der Waals surface area contributed by atoms with E-state index >= 15 is 0 Å². The van der Waals surface area contributed by atoms with Crippen molar-refractivity contribution in [3.8, 4) is 6.07 Å². The fourth-order valence-corrected chi connectivity index (χ4v) is 3.11. The third-order valence-electron chi connectivity index (χ3n) is 4.50. The molecule has 0 aliphatic heterocycles. The van der Waals surface area contributed by atoms with Crippen LogP contribution in [0.4, 0.5) is 5.69 Å². The molecule has 128 valence electrons. The molecule has 0 radical (unpaired) electrons. The third kappa shape index (κ3) is 4.58. The molecule has 2 amide bonds. The lowest BCUT2D eigenvalue weighted by Gasteiger charge is -2.29. The molecule has 1 aliphatic carbocycles. The largest absolute Gasteiger partial charge is 0.351 e. The van der Waals surface area contributed by atoms with Crippen molar-refractivity contribution >= 4 is 17.5 Å². The fraction of sp³-hybridized carbons (Fsp3) is 0.526. The Hall–Kier alpha value is -2.35. The van der Waals surface area contributed by atoms with Gasteiger partial charge in [0.25, 0.3) is 0 Å². The molecule has 1 fully saturated rings. The molecule has 0 unspecified atom stereocenters. The van der Waals surface area contributed by atoms with Gasteiger partial charge in [-0.3, -0.25) is 9.59 Å². The first-order chi connectivity index (χ1) is 11.6. The predicted octanol–water partition coefficient (Wildman–Crippen LogP) is 3.52. The van der Waals surface area contributed by atoms with Crippen molar-refractivity contribution in [2.45, 2.75) is 58.4 Å². The molecule has 0 spiro atoms. The SMILES string of the molecule is CCCC(=O)Nc1cccc(CNC(=O)C2(C#N)CCCCC2)c1. The van der Waals surface area contributed by atoms with Crippen LogP contribution in [0.3, 0.4) is 0 Å². The van der Waals surface area contributed by atoms with Gasteiger partial charge in [0.15, 0.2) is 0 Å². The highest BCUT2D eigenvalue weighted by atomic mass is 16.2. The summed E-state index contributed by atoms with van der Waals surface area (Å²) in [6, 6.07) is 9.67. The van der Waals surface area contributed by atoms with Crippen molar-refractivity contribution in [1.29, 1.82) is 5.26 Å². The average Bonchev–Trinajstić information content (AvgIpc) is 2.60. The molecule has 0 heterocycles. The summed E-state index contributed by atoms with van der Waals surface area (Å²) in [6.45, 7) is 2.32. The van der Waals surface area contributed by atoms with Gasteiger partial charge in [-0.1, -0.05) is 38.3 Å². The Morgan fingerprint density at radius 3 is 2.67 bits per heavy atom. The van der Waals surface area contributed by atoms with Gasteiger partial charge in [-0.15, -0.1) is 0 Å². The van der Waals surface area contributed by atoms with E-state index < -0.39 is 5.41 Å². The van der Waals surface area contributed by atoms with Crippen LogP contribution in [0.2, 0.25) is 0 Å². The molecular weight excluding hydrogens is 302 g/mol. The number of anilines is 1. The first-order valence-corrected chi connectivity index (χ1v) is 8.68. The second-order valence-electron chi connectivity index (χ2n) is 6.44. The first-order valence-electron chi connectivity index (χ1n) is 8.68. The maximum atomic E-state index is 12.5. The van der Waals surface area contributed by atoms with Crippen LogP contribution in [0.25, 0.3) is 0 Å². The number of carbonyl (C=O) groups excluding carboxylic acids is 2. The van der Waals surface area contributed by atoms with Crippen LogP contribution in [-0.2, 0) is 16.1 Å². The van der Waals surface area contributed by atoms with Crippen molar-refractivity contribution in [2.75, 3.05) is 5.32 Å². The lowest BCUT2D eigenvalue weighted by atomic mass is 9.74. The number of nitrogens with one attached hydrogen (secondary N) is 2. The zero-order valence-corrected chi connectivity index (χ0v) is 14.2. The van der Waals surface area contributed by atoms with Crippen LogP contribution in [-0.4, -0.2) is 11.8 Å². The number of nitrogens with zero attached hydrogens (tertiary/aromatic N) is 1. The lowest BCUT2D eigenvalue weighted by Crippen LogP contribution is -2.41. The van der Waals surface area contributed by atoms with Crippen LogP contribution in [0, 0.1) is 16.7 Å². The molecule has 0 aromatic heterocycles. The summed E-state index contributed by atoms with van der Waals surface area (Å²) in [5, 5.41) is 15.2. The summed E-state index contributed by atoms with van der Waals surface area (Å²) in [7, 11) is 0. The molecule has 5 nitrogen and oxygen atoms in total. The number of nitriles is 1. The summed E-state index contributed by atoms with van der Waals surface area (Å²) >= 11 is 0. The van der Waals surface area contributed by atoms with Gasteiger partial charge >= 0.3 is 0 Å². The Kier molecular flexibility index (Phi) is 6.36. The van der Waals surface area contributed by atoms with Crippen molar-refractivity contribution in [3.05, 3.63) is 29.8 Å². The van der Waals surface area contributed by atoms with Crippen LogP contribution in [0.5, 0.6) is 0 Å². The number of benzene rings is 1. The number of carbonyl (C=O) groups is 2.